The van der Waals surface area contributed by atoms with Crippen molar-refractivity contribution >= 4 is 11.3 Å². The molecule has 0 aliphatic heterocycles. The first-order chi connectivity index (χ1) is 9.34. The van der Waals surface area contributed by atoms with Crippen LogP contribution in [0.1, 0.15) is 42.6 Å². The zero-order valence-corrected chi connectivity index (χ0v) is 13.5. The van der Waals surface area contributed by atoms with E-state index in [1.54, 1.807) is 11.3 Å². The van der Waals surface area contributed by atoms with Gasteiger partial charge in [-0.05, 0) is 18.9 Å². The standard InChI is InChI=1S/C17H23NOS/c1-12-6-5-7-13(8-12)9-14(19)10-16-18-15(11-20-16)17(2,3)4/h5-8,11,14,19H,9-10H2,1-4H3. The van der Waals surface area contributed by atoms with E-state index >= 15 is 0 Å². The van der Waals surface area contributed by atoms with Crippen molar-refractivity contribution in [3.63, 3.8) is 0 Å². The summed E-state index contributed by atoms with van der Waals surface area (Å²) in [4.78, 5) is 4.64. The molecule has 1 heterocycles. The Morgan fingerprint density at radius 1 is 1.25 bits per heavy atom. The zero-order valence-electron chi connectivity index (χ0n) is 12.7. The van der Waals surface area contributed by atoms with Crippen molar-refractivity contribution in [2.75, 3.05) is 0 Å². The van der Waals surface area contributed by atoms with Crippen LogP contribution < -0.4 is 0 Å². The van der Waals surface area contributed by atoms with Crippen LogP contribution in [0.2, 0.25) is 0 Å². The van der Waals surface area contributed by atoms with Gasteiger partial charge in [0.15, 0.2) is 0 Å². The van der Waals surface area contributed by atoms with Gasteiger partial charge in [0, 0.05) is 17.2 Å². The monoisotopic (exact) mass is 289 g/mol. The van der Waals surface area contributed by atoms with Gasteiger partial charge < -0.3 is 5.11 Å². The van der Waals surface area contributed by atoms with Crippen molar-refractivity contribution in [3.05, 3.63) is 51.5 Å². The van der Waals surface area contributed by atoms with Crippen LogP contribution in [0.25, 0.3) is 0 Å². The van der Waals surface area contributed by atoms with Crippen molar-refractivity contribution in [3.8, 4) is 0 Å². The molecule has 1 unspecified atom stereocenters. The van der Waals surface area contributed by atoms with Crippen LogP contribution in [-0.4, -0.2) is 16.2 Å². The van der Waals surface area contributed by atoms with Gasteiger partial charge in [-0.2, -0.15) is 0 Å². The molecule has 0 spiro atoms. The summed E-state index contributed by atoms with van der Waals surface area (Å²) < 4.78 is 0. The first-order valence-corrected chi connectivity index (χ1v) is 7.91. The molecule has 0 saturated heterocycles. The molecule has 20 heavy (non-hydrogen) atoms. The van der Waals surface area contributed by atoms with E-state index in [4.69, 9.17) is 0 Å². The van der Waals surface area contributed by atoms with E-state index in [2.05, 4.69) is 56.3 Å². The quantitative estimate of drug-likeness (QED) is 0.926. The Morgan fingerprint density at radius 3 is 2.60 bits per heavy atom. The Balaban J connectivity index is 1.98. The highest BCUT2D eigenvalue weighted by Gasteiger charge is 2.18. The third-order valence-corrected chi connectivity index (χ3v) is 4.16. The lowest BCUT2D eigenvalue weighted by Crippen LogP contribution is -2.15. The summed E-state index contributed by atoms with van der Waals surface area (Å²) in [5.74, 6) is 0. The normalized spacial score (nSPS) is 13.4. The van der Waals surface area contributed by atoms with Gasteiger partial charge in [-0.3, -0.25) is 0 Å². The fourth-order valence-electron chi connectivity index (χ4n) is 2.13. The van der Waals surface area contributed by atoms with Crippen LogP contribution in [0.4, 0.5) is 0 Å². The first-order valence-electron chi connectivity index (χ1n) is 7.03. The van der Waals surface area contributed by atoms with Crippen molar-refractivity contribution in [2.24, 2.45) is 0 Å². The number of aromatic nitrogens is 1. The molecule has 1 N–H and O–H groups in total. The molecule has 108 valence electrons. The fraction of sp³-hybridized carbons (Fsp3) is 0.471. The zero-order chi connectivity index (χ0) is 14.8. The highest BCUT2D eigenvalue weighted by atomic mass is 32.1. The smallest absolute Gasteiger partial charge is 0.0954 e. The summed E-state index contributed by atoms with van der Waals surface area (Å²) >= 11 is 1.65. The molecule has 1 atom stereocenters. The van der Waals surface area contributed by atoms with Crippen molar-refractivity contribution in [1.29, 1.82) is 0 Å². The second kappa shape index (κ2) is 6.06. The highest BCUT2D eigenvalue weighted by molar-refractivity contribution is 7.09. The molecular formula is C17H23NOS. The largest absolute Gasteiger partial charge is 0.392 e. The molecule has 2 nitrogen and oxygen atoms in total. The summed E-state index contributed by atoms with van der Waals surface area (Å²) in [7, 11) is 0. The van der Waals surface area contributed by atoms with Crippen LogP contribution in [0.15, 0.2) is 29.6 Å². The van der Waals surface area contributed by atoms with Gasteiger partial charge in [0.25, 0.3) is 0 Å². The Labute approximate surface area is 125 Å². The van der Waals surface area contributed by atoms with Crippen LogP contribution in [0.3, 0.4) is 0 Å². The maximum absolute atomic E-state index is 10.2. The van der Waals surface area contributed by atoms with Gasteiger partial charge in [-0.1, -0.05) is 50.6 Å². The SMILES string of the molecule is Cc1cccc(CC(O)Cc2nc(C(C)(C)C)cs2)c1. The lowest BCUT2D eigenvalue weighted by molar-refractivity contribution is 0.175. The lowest BCUT2D eigenvalue weighted by atomic mass is 9.93. The summed E-state index contributed by atoms with van der Waals surface area (Å²) in [6, 6.07) is 8.31. The van der Waals surface area contributed by atoms with Gasteiger partial charge in [-0.25, -0.2) is 4.98 Å². The van der Waals surface area contributed by atoms with E-state index in [0.717, 1.165) is 10.7 Å². The summed E-state index contributed by atoms with van der Waals surface area (Å²) in [5, 5.41) is 13.4. The third kappa shape index (κ3) is 4.15. The van der Waals surface area contributed by atoms with E-state index in [1.165, 1.54) is 11.1 Å². The molecule has 0 bridgehead atoms. The van der Waals surface area contributed by atoms with Gasteiger partial charge in [0.05, 0.1) is 16.8 Å². The number of nitrogens with zero attached hydrogens (tertiary/aromatic N) is 1. The minimum atomic E-state index is -0.365. The van der Waals surface area contributed by atoms with Gasteiger partial charge in [-0.15, -0.1) is 11.3 Å². The minimum Gasteiger partial charge on any atom is -0.392 e. The number of rotatable bonds is 4. The van der Waals surface area contributed by atoms with Gasteiger partial charge in [0.2, 0.25) is 0 Å². The predicted octanol–water partition coefficient (Wildman–Crippen LogP) is 3.90. The fourth-order valence-corrected chi connectivity index (χ4v) is 3.23. The van der Waals surface area contributed by atoms with Gasteiger partial charge in [0.1, 0.15) is 0 Å². The maximum Gasteiger partial charge on any atom is 0.0954 e. The van der Waals surface area contributed by atoms with Crippen LogP contribution in [0.5, 0.6) is 0 Å². The second-order valence-electron chi connectivity index (χ2n) is 6.43. The van der Waals surface area contributed by atoms with Gasteiger partial charge >= 0.3 is 0 Å². The molecule has 2 rings (SSSR count). The van der Waals surface area contributed by atoms with Crippen molar-refractivity contribution in [1.82, 2.24) is 4.98 Å². The second-order valence-corrected chi connectivity index (χ2v) is 7.37. The maximum atomic E-state index is 10.2. The molecule has 0 fully saturated rings. The van der Waals surface area contributed by atoms with Crippen LogP contribution >= 0.6 is 11.3 Å². The molecule has 2 aromatic rings. The molecule has 0 saturated carbocycles. The molecular weight excluding hydrogens is 266 g/mol. The predicted molar refractivity (Wildman–Crippen MR) is 85.4 cm³/mol. The van der Waals surface area contributed by atoms with E-state index in [-0.39, 0.29) is 11.5 Å². The summed E-state index contributed by atoms with van der Waals surface area (Å²) in [5.41, 5.74) is 3.61. The number of aryl methyl sites for hydroxylation is 1. The Kier molecular flexibility index (Phi) is 4.61. The summed E-state index contributed by atoms with van der Waals surface area (Å²) in [6.07, 6.45) is 0.955. The van der Waals surface area contributed by atoms with E-state index in [1.807, 2.05) is 6.07 Å². The Hall–Kier alpha value is -1.19. The molecule has 1 aromatic carbocycles. The molecule has 3 heteroatoms. The van der Waals surface area contributed by atoms with Crippen molar-refractivity contribution < 1.29 is 5.11 Å². The van der Waals surface area contributed by atoms with E-state index in [0.29, 0.717) is 12.8 Å². The summed E-state index contributed by atoms with van der Waals surface area (Å²) in [6.45, 7) is 8.56. The van der Waals surface area contributed by atoms with Crippen LogP contribution in [0, 0.1) is 6.92 Å². The number of aliphatic hydroxyl groups is 1. The number of benzene rings is 1. The molecule has 0 aliphatic rings. The lowest BCUT2D eigenvalue weighted by Gasteiger charge is -2.14. The molecule has 0 aliphatic carbocycles. The average molecular weight is 289 g/mol. The third-order valence-electron chi connectivity index (χ3n) is 3.28. The van der Waals surface area contributed by atoms with Crippen molar-refractivity contribution in [2.45, 2.75) is 52.1 Å². The topological polar surface area (TPSA) is 33.1 Å². The van der Waals surface area contributed by atoms with E-state index < -0.39 is 0 Å². The number of hydrogen-bond acceptors (Lipinski definition) is 3. The number of thiazole rings is 1. The Morgan fingerprint density at radius 2 is 2.00 bits per heavy atom. The van der Waals surface area contributed by atoms with E-state index in [9.17, 15) is 5.11 Å². The molecule has 0 radical (unpaired) electrons. The Bertz CT molecular complexity index is 568. The minimum absolute atomic E-state index is 0.0796. The van der Waals surface area contributed by atoms with Crippen LogP contribution in [-0.2, 0) is 18.3 Å². The number of hydrogen-bond donors (Lipinski definition) is 1. The number of aliphatic hydroxyl groups excluding tert-OH is 1. The molecule has 1 aromatic heterocycles. The highest BCUT2D eigenvalue weighted by Crippen LogP contribution is 2.24. The first kappa shape index (κ1) is 15.2. The molecule has 0 amide bonds. The average Bonchev–Trinajstić information content (AvgIpc) is 2.76.